The summed E-state index contributed by atoms with van der Waals surface area (Å²) in [5, 5.41) is 3.86. The molecule has 1 aromatic carbocycles. The highest BCUT2D eigenvalue weighted by atomic mass is 35.5. The molecule has 6 nitrogen and oxygen atoms in total. The molecule has 0 spiro atoms. The number of aromatic nitrogens is 2. The van der Waals surface area contributed by atoms with Crippen LogP contribution in [0.25, 0.3) is 5.69 Å². The Labute approximate surface area is 149 Å². The first-order valence-electron chi connectivity index (χ1n) is 7.45. The van der Waals surface area contributed by atoms with Gasteiger partial charge in [-0.2, -0.15) is 14.1 Å². The number of rotatable bonds is 3. The van der Waals surface area contributed by atoms with Crippen LogP contribution in [0.1, 0.15) is 19.3 Å². The first-order chi connectivity index (χ1) is 11.4. The van der Waals surface area contributed by atoms with Gasteiger partial charge in [-0.25, -0.2) is 8.42 Å². The number of nitrogens with zero attached hydrogens (tertiary/aromatic N) is 3. The van der Waals surface area contributed by atoms with Crippen LogP contribution in [0.2, 0.25) is 10.0 Å². The number of sulfonamides is 1. The maximum Gasteiger partial charge on any atom is 0.291 e. The van der Waals surface area contributed by atoms with Gasteiger partial charge < -0.3 is 0 Å². The molecule has 1 fully saturated rings. The summed E-state index contributed by atoms with van der Waals surface area (Å²) in [6, 6.07) is 5.98. The van der Waals surface area contributed by atoms with Crippen molar-refractivity contribution >= 4 is 33.2 Å². The van der Waals surface area contributed by atoms with E-state index in [1.807, 2.05) is 0 Å². The minimum absolute atomic E-state index is 0.0715. The maximum atomic E-state index is 12.6. The van der Waals surface area contributed by atoms with E-state index in [0.717, 1.165) is 23.9 Å². The molecule has 0 radical (unpaired) electrons. The molecule has 0 unspecified atom stereocenters. The van der Waals surface area contributed by atoms with Gasteiger partial charge in [0.25, 0.3) is 5.56 Å². The molecular weight excluding hydrogens is 373 g/mol. The summed E-state index contributed by atoms with van der Waals surface area (Å²) in [6.07, 6.45) is 4.07. The Morgan fingerprint density at radius 3 is 2.25 bits per heavy atom. The Hall–Kier alpha value is -1.41. The molecule has 1 saturated heterocycles. The molecule has 1 aliphatic heterocycles. The number of benzene rings is 1. The van der Waals surface area contributed by atoms with E-state index in [4.69, 9.17) is 23.2 Å². The van der Waals surface area contributed by atoms with Gasteiger partial charge in [-0.3, -0.25) is 4.79 Å². The van der Waals surface area contributed by atoms with E-state index in [0.29, 0.717) is 18.8 Å². The number of halogens is 2. The molecule has 3 rings (SSSR count). The van der Waals surface area contributed by atoms with Gasteiger partial charge >= 0.3 is 0 Å². The van der Waals surface area contributed by atoms with Crippen molar-refractivity contribution in [2.45, 2.75) is 24.2 Å². The smallest absolute Gasteiger partial charge is 0.266 e. The summed E-state index contributed by atoms with van der Waals surface area (Å²) in [7, 11) is -3.51. The predicted octanol–water partition coefficient (Wildman–Crippen LogP) is 2.71. The minimum atomic E-state index is -3.51. The van der Waals surface area contributed by atoms with Gasteiger partial charge in [0.1, 0.15) is 5.02 Å². The van der Waals surface area contributed by atoms with Gasteiger partial charge in [0, 0.05) is 13.1 Å². The van der Waals surface area contributed by atoms with Crippen molar-refractivity contribution in [1.29, 1.82) is 0 Å². The Morgan fingerprint density at radius 2 is 1.62 bits per heavy atom. The minimum Gasteiger partial charge on any atom is -0.266 e. The molecule has 1 aliphatic rings. The van der Waals surface area contributed by atoms with Gasteiger partial charge in [0.15, 0.2) is 0 Å². The molecule has 2 heterocycles. The molecule has 2 aromatic rings. The van der Waals surface area contributed by atoms with Gasteiger partial charge in [0.2, 0.25) is 10.0 Å². The van der Waals surface area contributed by atoms with Crippen molar-refractivity contribution in [3.8, 4) is 5.69 Å². The third-order valence-electron chi connectivity index (χ3n) is 3.91. The molecule has 9 heteroatoms. The van der Waals surface area contributed by atoms with Crippen LogP contribution in [0.3, 0.4) is 0 Å². The van der Waals surface area contributed by atoms with E-state index >= 15 is 0 Å². The lowest BCUT2D eigenvalue weighted by molar-refractivity contribution is 0.346. The van der Waals surface area contributed by atoms with Crippen LogP contribution in [-0.2, 0) is 10.0 Å². The molecule has 0 aliphatic carbocycles. The van der Waals surface area contributed by atoms with E-state index in [2.05, 4.69) is 5.10 Å². The zero-order chi connectivity index (χ0) is 17.3. The normalized spacial score (nSPS) is 16.2. The second-order valence-corrected chi connectivity index (χ2v) is 8.21. The highest BCUT2D eigenvalue weighted by Gasteiger charge is 2.25. The van der Waals surface area contributed by atoms with E-state index in [9.17, 15) is 13.2 Å². The van der Waals surface area contributed by atoms with Crippen molar-refractivity contribution in [2.75, 3.05) is 13.1 Å². The fourth-order valence-corrected chi connectivity index (χ4v) is 4.38. The molecule has 0 amide bonds. The molecule has 0 N–H and O–H groups in total. The van der Waals surface area contributed by atoms with E-state index < -0.39 is 15.6 Å². The summed E-state index contributed by atoms with van der Waals surface area (Å²) in [5.74, 6) is 0. The number of hydrogen-bond donors (Lipinski definition) is 0. The monoisotopic (exact) mass is 387 g/mol. The van der Waals surface area contributed by atoms with Crippen LogP contribution < -0.4 is 5.56 Å². The summed E-state index contributed by atoms with van der Waals surface area (Å²) < 4.78 is 27.8. The Morgan fingerprint density at radius 1 is 1.00 bits per heavy atom. The van der Waals surface area contributed by atoms with Crippen LogP contribution in [0.4, 0.5) is 0 Å². The lowest BCUT2D eigenvalue weighted by Crippen LogP contribution is -2.35. The molecule has 0 atom stereocenters. The predicted molar refractivity (Wildman–Crippen MR) is 92.5 cm³/mol. The maximum absolute atomic E-state index is 12.6. The lowest BCUT2D eigenvalue weighted by Gasteiger charge is -2.25. The third kappa shape index (κ3) is 3.21. The van der Waals surface area contributed by atoms with Crippen LogP contribution in [-0.4, -0.2) is 35.6 Å². The van der Waals surface area contributed by atoms with E-state index in [1.54, 1.807) is 0 Å². The summed E-state index contributed by atoms with van der Waals surface area (Å²) in [6.45, 7) is 1.08. The van der Waals surface area contributed by atoms with E-state index in [1.165, 1.54) is 34.8 Å². The summed E-state index contributed by atoms with van der Waals surface area (Å²) in [4.78, 5) is 12.3. The Kier molecular flexibility index (Phi) is 4.96. The lowest BCUT2D eigenvalue weighted by atomic mass is 10.2. The van der Waals surface area contributed by atoms with Crippen LogP contribution in [0.15, 0.2) is 40.2 Å². The fraction of sp³-hybridized carbons (Fsp3) is 0.333. The van der Waals surface area contributed by atoms with Gasteiger partial charge in [-0.15, -0.1) is 0 Å². The zero-order valence-electron chi connectivity index (χ0n) is 12.7. The van der Waals surface area contributed by atoms with Crippen LogP contribution >= 0.6 is 23.2 Å². The van der Waals surface area contributed by atoms with Gasteiger partial charge in [0.05, 0.1) is 21.8 Å². The molecule has 128 valence electrons. The molecule has 1 aromatic heterocycles. The average molecular weight is 388 g/mol. The molecular formula is C15H15Cl2N3O3S. The van der Waals surface area contributed by atoms with Crippen LogP contribution in [0, 0.1) is 0 Å². The van der Waals surface area contributed by atoms with E-state index in [-0.39, 0.29) is 14.9 Å². The number of hydrogen-bond acceptors (Lipinski definition) is 4. The molecule has 24 heavy (non-hydrogen) atoms. The second-order valence-electron chi connectivity index (χ2n) is 5.48. The Bertz CT molecular complexity index is 905. The highest BCUT2D eigenvalue weighted by Crippen LogP contribution is 2.22. The third-order valence-corrected chi connectivity index (χ3v) is 6.57. The van der Waals surface area contributed by atoms with Crippen molar-refractivity contribution in [1.82, 2.24) is 14.1 Å². The van der Waals surface area contributed by atoms with Crippen molar-refractivity contribution in [2.24, 2.45) is 0 Å². The SMILES string of the molecule is O=c1c(Cl)c(Cl)cnn1-c1ccc(S(=O)(=O)N2CCCCC2)cc1. The van der Waals surface area contributed by atoms with Gasteiger partial charge in [-0.05, 0) is 37.1 Å². The van der Waals surface area contributed by atoms with Crippen LogP contribution in [0.5, 0.6) is 0 Å². The summed E-state index contributed by atoms with van der Waals surface area (Å²) in [5.41, 5.74) is -0.146. The standard InChI is InChI=1S/C15H15Cl2N3O3S/c16-13-10-18-20(15(21)14(13)17)11-4-6-12(7-5-11)24(22,23)19-8-2-1-3-9-19/h4-7,10H,1-3,8-9H2. The summed E-state index contributed by atoms with van der Waals surface area (Å²) >= 11 is 11.6. The first-order valence-corrected chi connectivity index (χ1v) is 9.65. The highest BCUT2D eigenvalue weighted by molar-refractivity contribution is 7.89. The number of piperidine rings is 1. The topological polar surface area (TPSA) is 72.3 Å². The van der Waals surface area contributed by atoms with Crippen molar-refractivity contribution in [3.05, 3.63) is 50.9 Å². The molecule has 0 bridgehead atoms. The van der Waals surface area contributed by atoms with Crippen molar-refractivity contribution in [3.63, 3.8) is 0 Å². The first kappa shape index (κ1) is 17.4. The zero-order valence-corrected chi connectivity index (χ0v) is 15.0. The quantitative estimate of drug-likeness (QED) is 0.811. The average Bonchev–Trinajstić information content (AvgIpc) is 2.61. The second kappa shape index (κ2) is 6.84. The van der Waals surface area contributed by atoms with Gasteiger partial charge in [-0.1, -0.05) is 29.6 Å². The van der Waals surface area contributed by atoms with Crippen molar-refractivity contribution < 1.29 is 8.42 Å². The largest absolute Gasteiger partial charge is 0.291 e. The molecule has 0 saturated carbocycles. The fourth-order valence-electron chi connectivity index (χ4n) is 2.61. The Balaban J connectivity index is 1.94.